The molecule has 0 unspecified atom stereocenters. The van der Waals surface area contributed by atoms with Gasteiger partial charge in [0.2, 0.25) is 0 Å². The van der Waals surface area contributed by atoms with E-state index in [1.165, 1.54) is 10.1 Å². The molecule has 1 aromatic carbocycles. The number of rotatable bonds is 7. The van der Waals surface area contributed by atoms with Gasteiger partial charge in [-0.15, -0.1) is 11.3 Å². The zero-order chi connectivity index (χ0) is 17.8. The van der Waals surface area contributed by atoms with Crippen molar-refractivity contribution in [3.05, 3.63) is 59.1 Å². The van der Waals surface area contributed by atoms with E-state index in [2.05, 4.69) is 53.3 Å². The number of aliphatic hydroxyl groups excluding tert-OH is 1. The van der Waals surface area contributed by atoms with Crippen LogP contribution in [0.15, 0.2) is 48.7 Å². The largest absolute Gasteiger partial charge is 0.386 e. The standard InChI is InChI=1S/C20H25N3OS/c1-14(2)23(3)20-9-8-15(12-22-20)11-21-13-17(24)19-10-16-6-4-5-7-18(16)25-19/h4-10,12,14,17,21,24H,11,13H2,1-3H3/t17-/m0/s1. The maximum atomic E-state index is 10.4. The van der Waals surface area contributed by atoms with Crippen molar-refractivity contribution in [2.24, 2.45) is 0 Å². The number of anilines is 1. The summed E-state index contributed by atoms with van der Waals surface area (Å²) in [6, 6.07) is 14.8. The first-order chi connectivity index (χ1) is 12.0. The molecule has 5 heteroatoms. The number of aliphatic hydroxyl groups is 1. The molecule has 1 atom stereocenters. The molecule has 0 aliphatic rings. The van der Waals surface area contributed by atoms with Crippen molar-refractivity contribution in [1.82, 2.24) is 10.3 Å². The van der Waals surface area contributed by atoms with E-state index in [0.717, 1.165) is 16.3 Å². The molecule has 132 valence electrons. The Balaban J connectivity index is 1.53. The molecule has 0 saturated heterocycles. The van der Waals surface area contributed by atoms with E-state index in [1.807, 2.05) is 31.4 Å². The van der Waals surface area contributed by atoms with Crippen LogP contribution in [0.4, 0.5) is 5.82 Å². The maximum absolute atomic E-state index is 10.4. The molecule has 0 radical (unpaired) electrons. The highest BCUT2D eigenvalue weighted by molar-refractivity contribution is 7.19. The fourth-order valence-electron chi connectivity index (χ4n) is 2.61. The molecule has 0 saturated carbocycles. The molecule has 0 bridgehead atoms. The maximum Gasteiger partial charge on any atom is 0.128 e. The van der Waals surface area contributed by atoms with E-state index in [-0.39, 0.29) is 0 Å². The van der Waals surface area contributed by atoms with Crippen molar-refractivity contribution in [3.8, 4) is 0 Å². The van der Waals surface area contributed by atoms with Crippen LogP contribution in [-0.2, 0) is 6.54 Å². The zero-order valence-electron chi connectivity index (χ0n) is 14.9. The number of nitrogens with one attached hydrogen (secondary N) is 1. The van der Waals surface area contributed by atoms with E-state index in [4.69, 9.17) is 0 Å². The summed E-state index contributed by atoms with van der Waals surface area (Å²) in [6.07, 6.45) is 1.41. The third kappa shape index (κ3) is 4.37. The Labute approximate surface area is 153 Å². The van der Waals surface area contributed by atoms with Crippen LogP contribution in [0.25, 0.3) is 10.1 Å². The SMILES string of the molecule is CC(C)N(C)c1ccc(CNC[C@H](O)c2cc3ccccc3s2)cn1. The lowest BCUT2D eigenvalue weighted by Gasteiger charge is -2.22. The Hall–Kier alpha value is -1.95. The first-order valence-corrected chi connectivity index (χ1v) is 9.41. The van der Waals surface area contributed by atoms with Crippen LogP contribution in [0.1, 0.15) is 30.4 Å². The van der Waals surface area contributed by atoms with Gasteiger partial charge in [0.05, 0.1) is 0 Å². The Morgan fingerprint density at radius 3 is 2.68 bits per heavy atom. The van der Waals surface area contributed by atoms with E-state index in [0.29, 0.717) is 19.1 Å². The molecular weight excluding hydrogens is 330 g/mol. The molecule has 2 N–H and O–H groups in total. The van der Waals surface area contributed by atoms with Crippen LogP contribution in [0, 0.1) is 0 Å². The van der Waals surface area contributed by atoms with Gasteiger partial charge in [0.1, 0.15) is 11.9 Å². The molecule has 2 aromatic heterocycles. The van der Waals surface area contributed by atoms with Gasteiger partial charge in [-0.25, -0.2) is 4.98 Å². The third-order valence-electron chi connectivity index (χ3n) is 4.38. The minimum absolute atomic E-state index is 0.424. The second-order valence-electron chi connectivity index (χ2n) is 6.56. The lowest BCUT2D eigenvalue weighted by molar-refractivity contribution is 0.178. The monoisotopic (exact) mass is 355 g/mol. The van der Waals surface area contributed by atoms with Crippen molar-refractivity contribution in [2.45, 2.75) is 32.5 Å². The van der Waals surface area contributed by atoms with E-state index >= 15 is 0 Å². The van der Waals surface area contributed by atoms with Gasteiger partial charge >= 0.3 is 0 Å². The topological polar surface area (TPSA) is 48.4 Å². The molecule has 4 nitrogen and oxygen atoms in total. The van der Waals surface area contributed by atoms with Crippen LogP contribution in [0.5, 0.6) is 0 Å². The third-order valence-corrected chi connectivity index (χ3v) is 5.60. The molecule has 25 heavy (non-hydrogen) atoms. The van der Waals surface area contributed by atoms with Gasteiger partial charge < -0.3 is 15.3 Å². The normalized spacial score (nSPS) is 12.7. The Bertz CT molecular complexity index is 780. The lowest BCUT2D eigenvalue weighted by atomic mass is 10.2. The second-order valence-corrected chi connectivity index (χ2v) is 7.68. The van der Waals surface area contributed by atoms with Crippen molar-refractivity contribution in [3.63, 3.8) is 0 Å². The van der Waals surface area contributed by atoms with Gasteiger partial charge in [-0.1, -0.05) is 24.3 Å². The van der Waals surface area contributed by atoms with Gasteiger partial charge in [0, 0.05) is 42.0 Å². The highest BCUT2D eigenvalue weighted by Gasteiger charge is 2.11. The number of nitrogens with zero attached hydrogens (tertiary/aromatic N) is 2. The first kappa shape index (κ1) is 17.9. The van der Waals surface area contributed by atoms with Crippen molar-refractivity contribution in [1.29, 1.82) is 0 Å². The summed E-state index contributed by atoms with van der Waals surface area (Å²) in [5.41, 5.74) is 1.12. The van der Waals surface area contributed by atoms with Gasteiger partial charge in [-0.2, -0.15) is 0 Å². The highest BCUT2D eigenvalue weighted by Crippen LogP contribution is 2.29. The fourth-order valence-corrected chi connectivity index (χ4v) is 3.67. The summed E-state index contributed by atoms with van der Waals surface area (Å²) in [6.45, 7) is 5.51. The number of thiophene rings is 1. The molecule has 3 aromatic rings. The number of fused-ring (bicyclic) bond motifs is 1. The minimum atomic E-state index is -0.489. The first-order valence-electron chi connectivity index (χ1n) is 8.59. The lowest BCUT2D eigenvalue weighted by Crippen LogP contribution is -2.26. The predicted molar refractivity (Wildman–Crippen MR) is 106 cm³/mol. The Morgan fingerprint density at radius 2 is 2.00 bits per heavy atom. The summed E-state index contributed by atoms with van der Waals surface area (Å²) < 4.78 is 1.21. The molecule has 2 heterocycles. The Kier molecular flexibility index (Phi) is 5.68. The van der Waals surface area contributed by atoms with Crippen LogP contribution in [-0.4, -0.2) is 29.7 Å². The number of hydrogen-bond acceptors (Lipinski definition) is 5. The molecule has 0 amide bonds. The summed E-state index contributed by atoms with van der Waals surface area (Å²) in [7, 11) is 2.05. The molecule has 3 rings (SSSR count). The van der Waals surface area contributed by atoms with Crippen LogP contribution < -0.4 is 10.2 Å². The summed E-state index contributed by atoms with van der Waals surface area (Å²) in [4.78, 5) is 7.65. The van der Waals surface area contributed by atoms with E-state index < -0.39 is 6.10 Å². The van der Waals surface area contributed by atoms with E-state index in [1.54, 1.807) is 11.3 Å². The zero-order valence-corrected chi connectivity index (χ0v) is 15.8. The van der Waals surface area contributed by atoms with Crippen LogP contribution in [0.3, 0.4) is 0 Å². The average molecular weight is 356 g/mol. The van der Waals surface area contributed by atoms with Crippen LogP contribution in [0.2, 0.25) is 0 Å². The molecular formula is C20H25N3OS. The van der Waals surface area contributed by atoms with Crippen molar-refractivity contribution in [2.75, 3.05) is 18.5 Å². The number of hydrogen-bond donors (Lipinski definition) is 2. The quantitative estimate of drug-likeness (QED) is 0.673. The highest BCUT2D eigenvalue weighted by atomic mass is 32.1. The van der Waals surface area contributed by atoms with Crippen LogP contribution >= 0.6 is 11.3 Å². The Morgan fingerprint density at radius 1 is 1.20 bits per heavy atom. The summed E-state index contributed by atoms with van der Waals surface area (Å²) >= 11 is 1.65. The smallest absolute Gasteiger partial charge is 0.128 e. The predicted octanol–water partition coefficient (Wildman–Crippen LogP) is 3.96. The number of benzene rings is 1. The van der Waals surface area contributed by atoms with Gasteiger partial charge in [0.15, 0.2) is 0 Å². The summed E-state index contributed by atoms with van der Waals surface area (Å²) in [5.74, 6) is 0.976. The summed E-state index contributed by atoms with van der Waals surface area (Å²) in [5, 5.41) is 14.9. The van der Waals surface area contributed by atoms with Gasteiger partial charge in [-0.05, 0) is 43.0 Å². The molecule has 0 fully saturated rings. The average Bonchev–Trinajstić information content (AvgIpc) is 3.06. The van der Waals surface area contributed by atoms with Gasteiger partial charge in [0.25, 0.3) is 0 Å². The fraction of sp³-hybridized carbons (Fsp3) is 0.350. The van der Waals surface area contributed by atoms with Gasteiger partial charge in [-0.3, -0.25) is 0 Å². The minimum Gasteiger partial charge on any atom is -0.386 e. The van der Waals surface area contributed by atoms with Crippen molar-refractivity contribution < 1.29 is 5.11 Å². The van der Waals surface area contributed by atoms with E-state index in [9.17, 15) is 5.11 Å². The molecule has 0 spiro atoms. The van der Waals surface area contributed by atoms with Crippen molar-refractivity contribution >= 4 is 27.2 Å². The number of pyridine rings is 1. The molecule has 0 aliphatic heterocycles. The second kappa shape index (κ2) is 7.95. The molecule has 0 aliphatic carbocycles. The number of aromatic nitrogens is 1.